The summed E-state index contributed by atoms with van der Waals surface area (Å²) >= 11 is 5.63. The van der Waals surface area contributed by atoms with E-state index in [0.29, 0.717) is 13.0 Å². The van der Waals surface area contributed by atoms with Crippen LogP contribution in [0.5, 0.6) is 0 Å². The maximum atomic E-state index is 13.5. The second-order valence-electron chi connectivity index (χ2n) is 6.11. The zero-order valence-electron chi connectivity index (χ0n) is 12.7. The highest BCUT2D eigenvalue weighted by molar-refractivity contribution is 6.30. The van der Waals surface area contributed by atoms with Gasteiger partial charge in [0, 0.05) is 37.3 Å². The number of nitrogens with zero attached hydrogens (tertiary/aromatic N) is 1. The van der Waals surface area contributed by atoms with Gasteiger partial charge in [0.25, 0.3) is 5.91 Å². The fourth-order valence-corrected chi connectivity index (χ4v) is 3.39. The molecule has 2 fully saturated rings. The lowest BCUT2D eigenvalue weighted by molar-refractivity contribution is -0.0566. The summed E-state index contributed by atoms with van der Waals surface area (Å²) in [6.45, 7) is 2.25. The molecule has 2 aliphatic rings. The van der Waals surface area contributed by atoms with Gasteiger partial charge < -0.3 is 15.2 Å². The van der Waals surface area contributed by atoms with Gasteiger partial charge in [-0.25, -0.2) is 4.39 Å². The summed E-state index contributed by atoms with van der Waals surface area (Å²) in [6.07, 6.45) is 1.49. The third-order valence-electron chi connectivity index (χ3n) is 4.46. The van der Waals surface area contributed by atoms with Crippen molar-refractivity contribution in [3.05, 3.63) is 34.6 Å². The number of aliphatic hydroxyl groups excluding tert-OH is 1. The molecule has 7 heteroatoms. The number of carbonyl (C=O) groups is 1. The van der Waals surface area contributed by atoms with Crippen LogP contribution < -0.4 is 5.32 Å². The van der Waals surface area contributed by atoms with Crippen LogP contribution in [0.1, 0.15) is 23.2 Å². The predicted octanol–water partition coefficient (Wildman–Crippen LogP) is 1.43. The lowest BCUT2D eigenvalue weighted by Gasteiger charge is -2.34. The van der Waals surface area contributed by atoms with E-state index in [2.05, 4.69) is 10.2 Å². The molecule has 2 aliphatic heterocycles. The lowest BCUT2D eigenvalue weighted by atomic mass is 10.1. The molecular formula is C16H20ClFN2O3. The quantitative estimate of drug-likeness (QED) is 0.869. The maximum absolute atomic E-state index is 13.5. The molecule has 5 nitrogen and oxygen atoms in total. The second-order valence-corrected chi connectivity index (χ2v) is 6.52. The van der Waals surface area contributed by atoms with E-state index in [-0.39, 0.29) is 41.3 Å². The summed E-state index contributed by atoms with van der Waals surface area (Å²) in [4.78, 5) is 14.5. The summed E-state index contributed by atoms with van der Waals surface area (Å²) in [6, 6.07) is 4.36. The first-order chi connectivity index (χ1) is 11.1. The minimum Gasteiger partial charge on any atom is -0.396 e. The summed E-state index contributed by atoms with van der Waals surface area (Å²) in [5.74, 6) is -0.887. The first kappa shape index (κ1) is 16.6. The Morgan fingerprint density at radius 1 is 1.48 bits per heavy atom. The molecule has 0 radical (unpaired) electrons. The van der Waals surface area contributed by atoms with Crippen molar-refractivity contribution in [1.82, 2.24) is 10.2 Å². The van der Waals surface area contributed by atoms with Gasteiger partial charge in [-0.2, -0.15) is 0 Å². The SMILES string of the molecule is O=C(N[C@H]1C[C@H]2CO[C@@H](CCO)CN2C1)c1ccc(Cl)c(F)c1. The van der Waals surface area contributed by atoms with E-state index in [0.717, 1.165) is 25.6 Å². The van der Waals surface area contributed by atoms with E-state index in [4.69, 9.17) is 21.4 Å². The number of amides is 1. The molecule has 1 aromatic carbocycles. The van der Waals surface area contributed by atoms with Crippen LogP contribution in [0.15, 0.2) is 18.2 Å². The van der Waals surface area contributed by atoms with Crippen molar-refractivity contribution in [2.24, 2.45) is 0 Å². The van der Waals surface area contributed by atoms with Crippen molar-refractivity contribution in [3.8, 4) is 0 Å². The Balaban J connectivity index is 1.57. The van der Waals surface area contributed by atoms with Gasteiger partial charge in [0.2, 0.25) is 0 Å². The van der Waals surface area contributed by atoms with E-state index in [1.54, 1.807) is 0 Å². The van der Waals surface area contributed by atoms with Crippen LogP contribution in [-0.2, 0) is 4.74 Å². The molecule has 3 rings (SSSR count). The van der Waals surface area contributed by atoms with Gasteiger partial charge in [0.05, 0.1) is 17.7 Å². The molecule has 126 valence electrons. The first-order valence-corrected chi connectivity index (χ1v) is 8.17. The number of halogens is 2. The highest BCUT2D eigenvalue weighted by atomic mass is 35.5. The van der Waals surface area contributed by atoms with Crippen LogP contribution >= 0.6 is 11.6 Å². The summed E-state index contributed by atoms with van der Waals surface area (Å²) < 4.78 is 19.2. The van der Waals surface area contributed by atoms with E-state index in [1.807, 2.05) is 0 Å². The second kappa shape index (κ2) is 7.13. The van der Waals surface area contributed by atoms with Crippen molar-refractivity contribution in [2.45, 2.75) is 31.0 Å². The molecule has 0 bridgehead atoms. The molecule has 2 heterocycles. The number of carbonyl (C=O) groups excluding carboxylic acids is 1. The Labute approximate surface area is 139 Å². The molecule has 3 atom stereocenters. The van der Waals surface area contributed by atoms with Gasteiger partial charge in [0.1, 0.15) is 5.82 Å². The Bertz CT molecular complexity index is 586. The molecule has 0 spiro atoms. The van der Waals surface area contributed by atoms with Crippen molar-refractivity contribution >= 4 is 17.5 Å². The average Bonchev–Trinajstić information content (AvgIpc) is 2.91. The van der Waals surface area contributed by atoms with Crippen LogP contribution in [0.25, 0.3) is 0 Å². The van der Waals surface area contributed by atoms with Gasteiger partial charge in [0.15, 0.2) is 0 Å². The molecular weight excluding hydrogens is 323 g/mol. The molecule has 0 unspecified atom stereocenters. The molecule has 1 aromatic rings. The third kappa shape index (κ3) is 3.83. The fraction of sp³-hybridized carbons (Fsp3) is 0.562. The fourth-order valence-electron chi connectivity index (χ4n) is 3.27. The van der Waals surface area contributed by atoms with Crippen molar-refractivity contribution in [1.29, 1.82) is 0 Å². The monoisotopic (exact) mass is 342 g/mol. The van der Waals surface area contributed by atoms with Crippen molar-refractivity contribution in [3.63, 3.8) is 0 Å². The van der Waals surface area contributed by atoms with Crippen LogP contribution in [0, 0.1) is 5.82 Å². The number of hydrogen-bond donors (Lipinski definition) is 2. The number of rotatable bonds is 4. The highest BCUT2D eigenvalue weighted by Crippen LogP contribution is 2.24. The first-order valence-electron chi connectivity index (χ1n) is 7.79. The summed E-state index contributed by atoms with van der Waals surface area (Å²) in [5, 5.41) is 12.0. The molecule has 23 heavy (non-hydrogen) atoms. The van der Waals surface area contributed by atoms with Gasteiger partial charge >= 0.3 is 0 Å². The normalized spacial score (nSPS) is 27.7. The third-order valence-corrected chi connectivity index (χ3v) is 4.76. The largest absolute Gasteiger partial charge is 0.396 e. The molecule has 0 saturated carbocycles. The minimum atomic E-state index is -0.594. The summed E-state index contributed by atoms with van der Waals surface area (Å²) in [7, 11) is 0. The average molecular weight is 343 g/mol. The smallest absolute Gasteiger partial charge is 0.251 e. The number of nitrogens with one attached hydrogen (secondary N) is 1. The van der Waals surface area contributed by atoms with E-state index < -0.39 is 5.82 Å². The van der Waals surface area contributed by atoms with Crippen LogP contribution in [0.4, 0.5) is 4.39 Å². The van der Waals surface area contributed by atoms with Gasteiger partial charge in [-0.05, 0) is 31.0 Å². The number of aliphatic hydroxyl groups is 1. The molecule has 2 saturated heterocycles. The van der Waals surface area contributed by atoms with Gasteiger partial charge in [-0.1, -0.05) is 11.6 Å². The van der Waals surface area contributed by atoms with Gasteiger partial charge in [-0.15, -0.1) is 0 Å². The van der Waals surface area contributed by atoms with Crippen molar-refractivity contribution < 1.29 is 19.0 Å². The topological polar surface area (TPSA) is 61.8 Å². The van der Waals surface area contributed by atoms with E-state index in [1.165, 1.54) is 12.1 Å². The van der Waals surface area contributed by atoms with E-state index in [9.17, 15) is 9.18 Å². The molecule has 2 N–H and O–H groups in total. The maximum Gasteiger partial charge on any atom is 0.251 e. The summed E-state index contributed by atoms with van der Waals surface area (Å²) in [5.41, 5.74) is 0.270. The number of benzene rings is 1. The number of hydrogen-bond acceptors (Lipinski definition) is 4. The minimum absolute atomic E-state index is 0.00613. The molecule has 1 amide bonds. The van der Waals surface area contributed by atoms with Crippen LogP contribution in [0.2, 0.25) is 5.02 Å². The number of morpholine rings is 1. The van der Waals surface area contributed by atoms with Crippen LogP contribution in [-0.4, -0.2) is 60.4 Å². The highest BCUT2D eigenvalue weighted by Gasteiger charge is 2.37. The number of fused-ring (bicyclic) bond motifs is 1. The predicted molar refractivity (Wildman–Crippen MR) is 84.1 cm³/mol. The zero-order chi connectivity index (χ0) is 16.4. The Kier molecular flexibility index (Phi) is 5.16. The molecule has 0 aliphatic carbocycles. The Morgan fingerprint density at radius 2 is 2.30 bits per heavy atom. The number of ether oxygens (including phenoxy) is 1. The Hall–Kier alpha value is -1.21. The standard InChI is InChI=1S/C16H20ClFN2O3/c17-14-2-1-10(5-15(14)18)16(22)19-11-6-12-9-23-13(3-4-21)8-20(12)7-11/h1-2,5,11-13,21H,3-4,6-9H2,(H,19,22)/t11-,12-,13-/m0/s1. The zero-order valence-corrected chi connectivity index (χ0v) is 13.4. The Morgan fingerprint density at radius 3 is 3.04 bits per heavy atom. The van der Waals surface area contributed by atoms with E-state index >= 15 is 0 Å². The van der Waals surface area contributed by atoms with Crippen molar-refractivity contribution in [2.75, 3.05) is 26.3 Å². The van der Waals surface area contributed by atoms with Crippen LogP contribution in [0.3, 0.4) is 0 Å². The molecule has 0 aromatic heterocycles. The lowest BCUT2D eigenvalue weighted by Crippen LogP contribution is -2.46. The van der Waals surface area contributed by atoms with Gasteiger partial charge in [-0.3, -0.25) is 9.69 Å².